The van der Waals surface area contributed by atoms with Crippen LogP contribution < -0.4 is 0 Å². The molecule has 11 atom stereocenters. The highest BCUT2D eigenvalue weighted by molar-refractivity contribution is 8.37. The highest BCUT2D eigenvalue weighted by atomic mass is 32.7. The second-order valence-corrected chi connectivity index (χ2v) is 17.4. The molecule has 1 saturated carbocycles. The third kappa shape index (κ3) is 8.61. The predicted molar refractivity (Wildman–Crippen MR) is 161 cm³/mol. The number of aliphatic hydroxyl groups is 1. The van der Waals surface area contributed by atoms with E-state index in [9.17, 15) is 8.42 Å². The molecule has 2 unspecified atom stereocenters. The minimum atomic E-state index is -3.19. The summed E-state index contributed by atoms with van der Waals surface area (Å²) in [6, 6.07) is 0. The largest absolute Gasteiger partial charge is 0.396 e. The van der Waals surface area contributed by atoms with Gasteiger partial charge in [0.15, 0.2) is 15.2 Å². The molecule has 4 rings (SSSR count). The Morgan fingerprint density at radius 2 is 1.70 bits per heavy atom. The van der Waals surface area contributed by atoms with Crippen LogP contribution in [0.4, 0.5) is 0 Å². The first kappa shape index (κ1) is 32.6. The molecule has 0 radical (unpaired) electrons. The molecule has 3 saturated heterocycles. The second kappa shape index (κ2) is 13.5. The highest BCUT2D eigenvalue weighted by Crippen LogP contribution is 2.49. The fourth-order valence-corrected chi connectivity index (χ4v) is 9.50. The van der Waals surface area contributed by atoms with Gasteiger partial charge in [0.25, 0.3) is 0 Å². The van der Waals surface area contributed by atoms with Gasteiger partial charge in [-0.1, -0.05) is 27.0 Å². The Bertz CT molecular complexity index is 998. The molecule has 4 fully saturated rings. The lowest BCUT2D eigenvalue weighted by Crippen LogP contribution is -2.36. The van der Waals surface area contributed by atoms with Crippen molar-refractivity contribution in [3.63, 3.8) is 0 Å². The van der Waals surface area contributed by atoms with E-state index < -0.39 is 15.2 Å². The molecule has 0 aromatic rings. The van der Waals surface area contributed by atoms with Crippen molar-refractivity contribution in [1.82, 2.24) is 0 Å². The first-order chi connectivity index (χ1) is 18.7. The third-order valence-corrected chi connectivity index (χ3v) is 11.4. The van der Waals surface area contributed by atoms with Crippen molar-refractivity contribution < 1.29 is 32.5 Å². The molecule has 3 heterocycles. The van der Waals surface area contributed by atoms with Crippen molar-refractivity contribution in [2.45, 2.75) is 122 Å². The van der Waals surface area contributed by atoms with Gasteiger partial charge in [0.2, 0.25) is 0 Å². The van der Waals surface area contributed by atoms with Crippen LogP contribution in [0.3, 0.4) is 0 Å². The minimum Gasteiger partial charge on any atom is -0.396 e. The van der Waals surface area contributed by atoms with Gasteiger partial charge in [0.05, 0.1) is 42.9 Å². The standard InChI is InChI=1S/C31H53O7PS/c1-19-12-26(9-10-29-20(2)13-25(36-29)8-7-11-32)37-30(21(19)3)16-24-14-23(15-27-17-35-31(5,6)38-27)22(4)28(24)18-40(33,34)39/h19,22-30,32H,2-3,7-18,39H2,1,4-6H3/t19-,22+,23-,24+,25+,26+,27+,28-,29?,30+/m1/s1. The maximum atomic E-state index is 12.4. The van der Waals surface area contributed by atoms with Gasteiger partial charge in [0.1, 0.15) is 0 Å². The van der Waals surface area contributed by atoms with Gasteiger partial charge in [-0.15, -0.1) is 0 Å². The quantitative estimate of drug-likeness (QED) is 0.229. The zero-order valence-corrected chi connectivity index (χ0v) is 27.0. The smallest absolute Gasteiger partial charge is 0.163 e. The minimum absolute atomic E-state index is 0.0514. The van der Waals surface area contributed by atoms with Crippen LogP contribution in [0.5, 0.6) is 0 Å². The molecular weight excluding hydrogens is 547 g/mol. The van der Waals surface area contributed by atoms with Crippen LogP contribution in [-0.2, 0) is 28.4 Å². The van der Waals surface area contributed by atoms with Crippen LogP contribution in [0, 0.1) is 29.6 Å². The number of aliphatic hydroxyl groups excluding tert-OH is 1. The van der Waals surface area contributed by atoms with E-state index in [0.717, 1.165) is 68.9 Å². The average Bonchev–Trinajstić information content (AvgIpc) is 3.48. The van der Waals surface area contributed by atoms with Crippen LogP contribution in [0.1, 0.15) is 85.5 Å². The Labute approximate surface area is 244 Å². The van der Waals surface area contributed by atoms with E-state index in [4.69, 9.17) is 24.1 Å². The maximum absolute atomic E-state index is 12.4. The average molecular weight is 601 g/mol. The Morgan fingerprint density at radius 3 is 2.35 bits per heavy atom. The van der Waals surface area contributed by atoms with E-state index in [-0.39, 0.29) is 60.6 Å². The first-order valence-corrected chi connectivity index (χ1v) is 18.5. The Hall–Kier alpha value is -0.340. The molecule has 40 heavy (non-hydrogen) atoms. The first-order valence-electron chi connectivity index (χ1n) is 15.3. The van der Waals surface area contributed by atoms with Gasteiger partial charge < -0.3 is 24.1 Å². The van der Waals surface area contributed by atoms with Crippen LogP contribution in [0.15, 0.2) is 24.3 Å². The summed E-state index contributed by atoms with van der Waals surface area (Å²) in [5, 5.41) is 9.15. The third-order valence-electron chi connectivity index (χ3n) is 9.96. The van der Waals surface area contributed by atoms with Gasteiger partial charge in [-0.05, 0) is 121 Å². The SMILES string of the molecule is C=C1C[C@H](CCCO)OC1CC[C@H]1C[C@@H](C)C(=C)[C@H](C[C@@H]2C[C@H](C[C@H]3COC(C)(C)O3)[C@H](C)[C@H]2CS(=O)(=O)P)O1. The van der Waals surface area contributed by atoms with Gasteiger partial charge in [-0.2, -0.15) is 0 Å². The Kier molecular flexibility index (Phi) is 11.0. The topological polar surface area (TPSA) is 91.3 Å². The van der Waals surface area contributed by atoms with Gasteiger partial charge in [-0.25, -0.2) is 8.42 Å². The molecule has 4 aliphatic rings. The summed E-state index contributed by atoms with van der Waals surface area (Å²) in [6.07, 6.45) is 8.29. The van der Waals surface area contributed by atoms with Crippen molar-refractivity contribution in [3.05, 3.63) is 24.3 Å². The number of hydrogen-bond donors (Lipinski definition) is 1. The van der Waals surface area contributed by atoms with Gasteiger partial charge in [0, 0.05) is 6.61 Å². The van der Waals surface area contributed by atoms with Crippen LogP contribution in [0.2, 0.25) is 0 Å². The highest BCUT2D eigenvalue weighted by Gasteiger charge is 2.46. The second-order valence-electron chi connectivity index (χ2n) is 13.5. The summed E-state index contributed by atoms with van der Waals surface area (Å²) in [5.41, 5.74) is 2.29. The monoisotopic (exact) mass is 600 g/mol. The number of hydrogen-bond acceptors (Lipinski definition) is 7. The Morgan fingerprint density at radius 1 is 0.975 bits per heavy atom. The molecule has 0 aromatic carbocycles. The molecule has 1 aliphatic carbocycles. The lowest BCUT2D eigenvalue weighted by atomic mass is 9.81. The van der Waals surface area contributed by atoms with Gasteiger partial charge >= 0.3 is 0 Å². The van der Waals surface area contributed by atoms with Crippen LogP contribution >= 0.6 is 8.44 Å². The van der Waals surface area contributed by atoms with Gasteiger partial charge in [-0.3, -0.25) is 0 Å². The van der Waals surface area contributed by atoms with E-state index in [1.54, 1.807) is 0 Å². The summed E-state index contributed by atoms with van der Waals surface area (Å²) >= 11 is 0. The fourth-order valence-electron chi connectivity index (χ4n) is 7.72. The summed E-state index contributed by atoms with van der Waals surface area (Å²) in [5.74, 6) is 0.998. The summed E-state index contributed by atoms with van der Waals surface area (Å²) < 4.78 is 49.7. The van der Waals surface area contributed by atoms with E-state index in [2.05, 4.69) is 35.4 Å². The molecule has 3 aliphatic heterocycles. The predicted octanol–water partition coefficient (Wildman–Crippen LogP) is 5.63. The molecule has 7 nitrogen and oxygen atoms in total. The zero-order valence-electron chi connectivity index (χ0n) is 25.1. The molecule has 0 spiro atoms. The van der Waals surface area contributed by atoms with E-state index in [1.807, 2.05) is 13.8 Å². The molecule has 0 bridgehead atoms. The molecule has 230 valence electrons. The van der Waals surface area contributed by atoms with E-state index in [1.165, 1.54) is 0 Å². The number of ether oxygens (including phenoxy) is 4. The van der Waals surface area contributed by atoms with Crippen molar-refractivity contribution in [2.24, 2.45) is 29.6 Å². The van der Waals surface area contributed by atoms with Crippen molar-refractivity contribution in [3.8, 4) is 0 Å². The zero-order chi connectivity index (χ0) is 29.2. The number of rotatable bonds is 12. The molecule has 9 heteroatoms. The van der Waals surface area contributed by atoms with Crippen molar-refractivity contribution in [2.75, 3.05) is 19.0 Å². The molecule has 0 amide bonds. The molecule has 0 aromatic heterocycles. The van der Waals surface area contributed by atoms with Crippen LogP contribution in [0.25, 0.3) is 0 Å². The fraction of sp³-hybridized carbons (Fsp3) is 0.871. The van der Waals surface area contributed by atoms with Crippen LogP contribution in [-0.4, -0.2) is 68.8 Å². The lowest BCUT2D eigenvalue weighted by molar-refractivity contribution is -0.140. The Balaban J connectivity index is 1.37. The summed E-state index contributed by atoms with van der Waals surface area (Å²) in [6.45, 7) is 17.8. The van der Waals surface area contributed by atoms with E-state index in [0.29, 0.717) is 18.4 Å². The van der Waals surface area contributed by atoms with Crippen molar-refractivity contribution in [1.29, 1.82) is 0 Å². The summed E-state index contributed by atoms with van der Waals surface area (Å²) in [7, 11) is -1.12. The molecule has 1 N–H and O–H groups in total. The van der Waals surface area contributed by atoms with Crippen molar-refractivity contribution >= 4 is 17.9 Å². The van der Waals surface area contributed by atoms with E-state index >= 15 is 0 Å². The summed E-state index contributed by atoms with van der Waals surface area (Å²) in [4.78, 5) is 0. The molecular formula is C31H53O7PS. The maximum Gasteiger partial charge on any atom is 0.163 e. The lowest BCUT2D eigenvalue weighted by Gasteiger charge is -2.38. The normalized spacial score (nSPS) is 40.2.